The van der Waals surface area contributed by atoms with Gasteiger partial charge in [0.05, 0.1) is 22.4 Å². The summed E-state index contributed by atoms with van der Waals surface area (Å²) in [5.41, 5.74) is 2.46. The molecular weight excluding hydrogens is 425 g/mol. The zero-order valence-electron chi connectivity index (χ0n) is 15.8. The summed E-state index contributed by atoms with van der Waals surface area (Å²) in [6.45, 7) is 5.88. The highest BCUT2D eigenvalue weighted by molar-refractivity contribution is 7.99. The van der Waals surface area contributed by atoms with Gasteiger partial charge in [0.25, 0.3) is 0 Å². The maximum atomic E-state index is 13.0. The molecule has 1 amide bonds. The molecule has 0 radical (unpaired) electrons. The highest BCUT2D eigenvalue weighted by Gasteiger charge is 2.32. The zero-order chi connectivity index (χ0) is 21.3. The van der Waals surface area contributed by atoms with Gasteiger partial charge >= 0.3 is 6.18 Å². The fourth-order valence-electron chi connectivity index (χ4n) is 2.72. The van der Waals surface area contributed by atoms with Crippen molar-refractivity contribution < 1.29 is 18.0 Å². The van der Waals surface area contributed by atoms with Crippen LogP contribution in [0.5, 0.6) is 0 Å². The molecule has 0 saturated heterocycles. The van der Waals surface area contributed by atoms with Crippen LogP contribution in [0.3, 0.4) is 0 Å². The lowest BCUT2D eigenvalue weighted by Gasteiger charge is -2.15. The third-order valence-electron chi connectivity index (χ3n) is 4.50. The molecule has 2 heterocycles. The van der Waals surface area contributed by atoms with Crippen molar-refractivity contribution in [3.05, 3.63) is 57.7 Å². The summed E-state index contributed by atoms with van der Waals surface area (Å²) in [6.07, 6.45) is -3.68. The number of hydrogen-bond donors (Lipinski definition) is 1. The van der Waals surface area contributed by atoms with Gasteiger partial charge in [-0.05, 0) is 43.5 Å². The number of amides is 1. The third-order valence-corrected chi connectivity index (χ3v) is 5.72. The highest BCUT2D eigenvalue weighted by Crippen LogP contribution is 2.33. The first-order valence-corrected chi connectivity index (χ1v) is 10.0. The van der Waals surface area contributed by atoms with Crippen LogP contribution in [0.4, 0.5) is 13.2 Å². The van der Waals surface area contributed by atoms with Crippen molar-refractivity contribution in [2.24, 2.45) is 0 Å². The molecule has 5 nitrogen and oxygen atoms in total. The summed E-state index contributed by atoms with van der Waals surface area (Å²) in [6, 6.07) is 6.56. The molecule has 0 spiro atoms. The first kappa shape index (κ1) is 21.4. The number of alkyl halides is 3. The van der Waals surface area contributed by atoms with Gasteiger partial charge in [0.15, 0.2) is 10.8 Å². The molecule has 3 aromatic rings. The number of fused-ring (bicyclic) bond motifs is 1. The summed E-state index contributed by atoms with van der Waals surface area (Å²) in [5.74, 6) is -0.292. The van der Waals surface area contributed by atoms with E-state index in [-0.39, 0.29) is 33.5 Å². The second-order valence-electron chi connectivity index (χ2n) is 6.67. The smallest absolute Gasteiger partial charge is 0.349 e. The lowest BCUT2D eigenvalue weighted by Crippen LogP contribution is -2.28. The number of aryl methyl sites for hydroxylation is 2. The van der Waals surface area contributed by atoms with E-state index in [0.717, 1.165) is 39.6 Å². The van der Waals surface area contributed by atoms with Crippen LogP contribution < -0.4 is 5.32 Å². The molecule has 10 heteroatoms. The number of nitrogens with zero attached hydrogens (tertiary/aromatic N) is 3. The van der Waals surface area contributed by atoms with E-state index in [2.05, 4.69) is 15.5 Å². The van der Waals surface area contributed by atoms with Gasteiger partial charge in [-0.15, -0.1) is 10.2 Å². The molecule has 1 atom stereocenters. The molecule has 0 aliphatic heterocycles. The topological polar surface area (TPSA) is 59.3 Å². The lowest BCUT2D eigenvalue weighted by molar-refractivity contribution is -0.137. The molecule has 0 aliphatic rings. The van der Waals surface area contributed by atoms with Crippen molar-refractivity contribution in [3.8, 4) is 0 Å². The van der Waals surface area contributed by atoms with Gasteiger partial charge in [-0.1, -0.05) is 41.6 Å². The van der Waals surface area contributed by atoms with Crippen LogP contribution in [0, 0.1) is 13.8 Å². The first-order valence-electron chi connectivity index (χ1n) is 8.67. The van der Waals surface area contributed by atoms with Gasteiger partial charge in [0, 0.05) is 6.20 Å². The summed E-state index contributed by atoms with van der Waals surface area (Å²) >= 11 is 6.88. The number of pyridine rings is 1. The molecule has 1 N–H and O–H groups in total. The van der Waals surface area contributed by atoms with Crippen LogP contribution in [0.1, 0.15) is 35.2 Å². The van der Waals surface area contributed by atoms with Crippen LogP contribution in [0.2, 0.25) is 5.02 Å². The van der Waals surface area contributed by atoms with E-state index in [0.29, 0.717) is 0 Å². The average Bonchev–Trinajstić information content (AvgIpc) is 3.05. The number of hydrogen-bond acceptors (Lipinski definition) is 4. The quantitative estimate of drug-likeness (QED) is 0.566. The van der Waals surface area contributed by atoms with Crippen LogP contribution in [0.25, 0.3) is 5.65 Å². The number of benzene rings is 1. The number of aromatic nitrogens is 3. The Balaban J connectivity index is 1.70. The second kappa shape index (κ2) is 8.23. The minimum absolute atomic E-state index is 0.0240. The van der Waals surface area contributed by atoms with Gasteiger partial charge in [-0.25, -0.2) is 0 Å². The molecule has 29 heavy (non-hydrogen) atoms. The lowest BCUT2D eigenvalue weighted by atomic mass is 10.0. The van der Waals surface area contributed by atoms with Gasteiger partial charge in [0.2, 0.25) is 5.91 Å². The Labute approximate surface area is 174 Å². The van der Waals surface area contributed by atoms with E-state index in [4.69, 9.17) is 11.6 Å². The Bertz CT molecular complexity index is 1070. The predicted octanol–water partition coefficient (Wildman–Crippen LogP) is 4.99. The molecule has 154 valence electrons. The maximum absolute atomic E-state index is 13.0. The van der Waals surface area contributed by atoms with Crippen molar-refractivity contribution in [1.29, 1.82) is 0 Å². The fourth-order valence-corrected chi connectivity index (χ4v) is 3.68. The maximum Gasteiger partial charge on any atom is 0.417 e. The number of halogens is 4. The fraction of sp³-hybridized carbons (Fsp3) is 0.316. The zero-order valence-corrected chi connectivity index (χ0v) is 17.4. The van der Waals surface area contributed by atoms with Gasteiger partial charge in [-0.2, -0.15) is 13.2 Å². The molecule has 3 rings (SSSR count). The number of carbonyl (C=O) groups is 1. The molecule has 1 aromatic carbocycles. The van der Waals surface area contributed by atoms with Crippen LogP contribution in [-0.2, 0) is 11.0 Å². The highest BCUT2D eigenvalue weighted by atomic mass is 35.5. The van der Waals surface area contributed by atoms with Crippen LogP contribution in [0.15, 0.2) is 35.6 Å². The van der Waals surface area contributed by atoms with Crippen molar-refractivity contribution in [1.82, 2.24) is 19.9 Å². The van der Waals surface area contributed by atoms with Crippen LogP contribution >= 0.6 is 23.4 Å². The molecule has 2 aromatic heterocycles. The Hall–Kier alpha value is -2.26. The minimum atomic E-state index is -4.55. The van der Waals surface area contributed by atoms with Gasteiger partial charge in [0.1, 0.15) is 0 Å². The van der Waals surface area contributed by atoms with E-state index in [1.807, 2.05) is 39.0 Å². The van der Waals surface area contributed by atoms with Crippen molar-refractivity contribution in [3.63, 3.8) is 0 Å². The Morgan fingerprint density at radius 2 is 1.97 bits per heavy atom. The SMILES string of the molecule is Cc1ccc(C(C)NC(=O)CSc2nnc3c(Cl)cc(C(F)(F)F)cn23)cc1C. The van der Waals surface area contributed by atoms with E-state index >= 15 is 0 Å². The number of rotatable bonds is 5. The van der Waals surface area contributed by atoms with Crippen molar-refractivity contribution >= 4 is 34.9 Å². The number of thioether (sulfide) groups is 1. The molecular formula is C19H18ClF3N4OS. The minimum Gasteiger partial charge on any atom is -0.349 e. The van der Waals surface area contributed by atoms with E-state index in [9.17, 15) is 18.0 Å². The summed E-state index contributed by atoms with van der Waals surface area (Å²) < 4.78 is 40.2. The van der Waals surface area contributed by atoms with Crippen LogP contribution in [-0.4, -0.2) is 26.3 Å². The number of carbonyl (C=O) groups excluding carboxylic acids is 1. The normalized spacial score (nSPS) is 12.9. The summed E-state index contributed by atoms with van der Waals surface area (Å²) in [5, 5.41) is 10.5. The largest absolute Gasteiger partial charge is 0.417 e. The Kier molecular flexibility index (Phi) is 6.09. The third kappa shape index (κ3) is 4.84. The average molecular weight is 443 g/mol. The predicted molar refractivity (Wildman–Crippen MR) is 106 cm³/mol. The summed E-state index contributed by atoms with van der Waals surface area (Å²) in [4.78, 5) is 12.3. The second-order valence-corrected chi connectivity index (χ2v) is 8.02. The van der Waals surface area contributed by atoms with Crippen molar-refractivity contribution in [2.75, 3.05) is 5.75 Å². The summed E-state index contributed by atoms with van der Waals surface area (Å²) in [7, 11) is 0. The van der Waals surface area contributed by atoms with Crippen molar-refractivity contribution in [2.45, 2.75) is 38.1 Å². The first-order chi connectivity index (χ1) is 13.6. The Morgan fingerprint density at radius 3 is 2.62 bits per heavy atom. The van der Waals surface area contributed by atoms with E-state index < -0.39 is 11.7 Å². The molecule has 0 saturated carbocycles. The number of nitrogens with one attached hydrogen (secondary N) is 1. The van der Waals surface area contributed by atoms with Gasteiger partial charge < -0.3 is 5.32 Å². The Morgan fingerprint density at radius 1 is 1.24 bits per heavy atom. The molecule has 0 aliphatic carbocycles. The standard InChI is InChI=1S/C19H18ClF3N4OS/c1-10-4-5-13(6-11(10)2)12(3)24-16(28)9-29-18-26-25-17-15(20)7-14(8-27(17)18)19(21,22)23/h4-8,12H,9H2,1-3H3,(H,24,28). The monoisotopic (exact) mass is 442 g/mol. The van der Waals surface area contributed by atoms with E-state index in [1.54, 1.807) is 0 Å². The molecule has 0 bridgehead atoms. The van der Waals surface area contributed by atoms with E-state index in [1.165, 1.54) is 5.56 Å². The van der Waals surface area contributed by atoms with Gasteiger partial charge in [-0.3, -0.25) is 9.20 Å². The molecule has 1 unspecified atom stereocenters. The molecule has 0 fully saturated rings.